The standard InChI is InChI=1S/C6H10N2O2S2/c1-7-12(9,10)5-3-6-2-4-8-11-6/h2,4,7H,3,5H2,1H3. The first kappa shape index (κ1) is 9.63. The van der Waals surface area contributed by atoms with Gasteiger partial charge in [0.2, 0.25) is 10.0 Å². The lowest BCUT2D eigenvalue weighted by atomic mass is 10.4. The van der Waals surface area contributed by atoms with Gasteiger partial charge in [-0.2, -0.15) is 0 Å². The number of hydrogen-bond acceptors (Lipinski definition) is 4. The first-order valence-corrected chi connectivity index (χ1v) is 5.87. The molecule has 0 unspecified atom stereocenters. The third kappa shape index (κ3) is 2.88. The van der Waals surface area contributed by atoms with Gasteiger partial charge in [0.15, 0.2) is 0 Å². The number of aryl methyl sites for hydroxylation is 1. The van der Waals surface area contributed by atoms with Crippen LogP contribution in [0, 0.1) is 0 Å². The Bertz CT molecular complexity index is 317. The Morgan fingerprint density at radius 3 is 2.92 bits per heavy atom. The lowest BCUT2D eigenvalue weighted by Crippen LogP contribution is -2.22. The van der Waals surface area contributed by atoms with Gasteiger partial charge in [-0.15, -0.1) is 0 Å². The maximum Gasteiger partial charge on any atom is 0.211 e. The zero-order chi connectivity index (χ0) is 9.03. The third-order valence-electron chi connectivity index (χ3n) is 1.42. The third-order valence-corrected chi connectivity index (χ3v) is 3.58. The second-order valence-electron chi connectivity index (χ2n) is 2.25. The molecular formula is C6H10N2O2S2. The van der Waals surface area contributed by atoms with Crippen LogP contribution in [0.2, 0.25) is 0 Å². The van der Waals surface area contributed by atoms with E-state index in [9.17, 15) is 8.42 Å². The maximum absolute atomic E-state index is 11.0. The van der Waals surface area contributed by atoms with E-state index in [1.165, 1.54) is 18.6 Å². The van der Waals surface area contributed by atoms with Gasteiger partial charge in [0.05, 0.1) is 5.75 Å². The summed E-state index contributed by atoms with van der Waals surface area (Å²) in [5.74, 6) is 0.131. The van der Waals surface area contributed by atoms with E-state index < -0.39 is 10.0 Å². The van der Waals surface area contributed by atoms with Crippen molar-refractivity contribution in [3.8, 4) is 0 Å². The van der Waals surface area contributed by atoms with Crippen LogP contribution in [0.3, 0.4) is 0 Å². The van der Waals surface area contributed by atoms with Crippen LogP contribution in [0.4, 0.5) is 0 Å². The molecule has 6 heteroatoms. The average Bonchev–Trinajstić information content (AvgIpc) is 2.53. The highest BCUT2D eigenvalue weighted by atomic mass is 32.2. The lowest BCUT2D eigenvalue weighted by molar-refractivity contribution is 0.587. The Morgan fingerprint density at radius 1 is 1.67 bits per heavy atom. The summed E-state index contributed by atoms with van der Waals surface area (Å²) in [6, 6.07) is 1.83. The molecule has 12 heavy (non-hydrogen) atoms. The highest BCUT2D eigenvalue weighted by Gasteiger charge is 2.07. The largest absolute Gasteiger partial charge is 0.218 e. The van der Waals surface area contributed by atoms with Crippen molar-refractivity contribution in [1.82, 2.24) is 9.10 Å². The summed E-state index contributed by atoms with van der Waals surface area (Å²) in [7, 11) is -1.65. The zero-order valence-corrected chi connectivity index (χ0v) is 8.28. The second kappa shape index (κ2) is 3.97. The van der Waals surface area contributed by atoms with Crippen LogP contribution in [0.1, 0.15) is 4.88 Å². The van der Waals surface area contributed by atoms with E-state index >= 15 is 0 Å². The topological polar surface area (TPSA) is 59.1 Å². The summed E-state index contributed by atoms with van der Waals surface area (Å²) in [5, 5.41) is 0. The van der Waals surface area contributed by atoms with Crippen molar-refractivity contribution >= 4 is 21.6 Å². The Morgan fingerprint density at radius 2 is 2.42 bits per heavy atom. The monoisotopic (exact) mass is 206 g/mol. The fraction of sp³-hybridized carbons (Fsp3) is 0.500. The van der Waals surface area contributed by atoms with Crippen LogP contribution in [-0.2, 0) is 16.4 Å². The molecule has 1 rings (SSSR count). The second-order valence-corrected chi connectivity index (χ2v) is 5.22. The smallest absolute Gasteiger partial charge is 0.211 e. The van der Waals surface area contributed by atoms with Gasteiger partial charge in [0.1, 0.15) is 0 Å². The lowest BCUT2D eigenvalue weighted by Gasteiger charge is -1.98. The normalized spacial score (nSPS) is 11.8. The van der Waals surface area contributed by atoms with Crippen molar-refractivity contribution in [1.29, 1.82) is 0 Å². The molecule has 0 bridgehead atoms. The number of nitrogens with one attached hydrogen (secondary N) is 1. The molecule has 1 aromatic rings. The van der Waals surface area contributed by atoms with Gasteiger partial charge in [-0.1, -0.05) is 0 Å². The molecule has 0 fully saturated rings. The number of sulfonamides is 1. The summed E-state index contributed by atoms with van der Waals surface area (Å²) in [6.45, 7) is 0. The van der Waals surface area contributed by atoms with E-state index in [1.807, 2.05) is 6.07 Å². The van der Waals surface area contributed by atoms with Gasteiger partial charge in [0.25, 0.3) is 0 Å². The van der Waals surface area contributed by atoms with Gasteiger partial charge < -0.3 is 0 Å². The molecule has 1 N–H and O–H groups in total. The van der Waals surface area contributed by atoms with E-state index in [-0.39, 0.29) is 5.75 Å². The molecule has 0 aliphatic rings. The predicted molar refractivity (Wildman–Crippen MR) is 48.7 cm³/mol. The number of nitrogens with zero attached hydrogens (tertiary/aromatic N) is 1. The number of rotatable bonds is 4. The Hall–Kier alpha value is -0.460. The van der Waals surface area contributed by atoms with Crippen molar-refractivity contribution in [2.45, 2.75) is 6.42 Å². The summed E-state index contributed by atoms with van der Waals surface area (Å²) in [5.41, 5.74) is 0. The maximum atomic E-state index is 11.0. The molecule has 4 nitrogen and oxygen atoms in total. The minimum absolute atomic E-state index is 0.131. The van der Waals surface area contributed by atoms with E-state index in [1.54, 1.807) is 6.20 Å². The number of hydrogen-bond donors (Lipinski definition) is 1. The Kier molecular flexibility index (Phi) is 3.19. The first-order valence-electron chi connectivity index (χ1n) is 3.45. The van der Waals surface area contributed by atoms with Crippen LogP contribution in [0.15, 0.2) is 12.3 Å². The predicted octanol–water partition coefficient (Wildman–Crippen LogP) is 0.235. The van der Waals surface area contributed by atoms with Crippen LogP contribution in [-0.4, -0.2) is 25.6 Å². The van der Waals surface area contributed by atoms with E-state index in [0.29, 0.717) is 6.42 Å². The summed E-state index contributed by atoms with van der Waals surface area (Å²) in [4.78, 5) is 0.994. The van der Waals surface area contributed by atoms with Crippen molar-refractivity contribution in [2.24, 2.45) is 0 Å². The van der Waals surface area contributed by atoms with Crippen molar-refractivity contribution < 1.29 is 8.42 Å². The molecular weight excluding hydrogens is 196 g/mol. The molecule has 0 aliphatic heterocycles. The van der Waals surface area contributed by atoms with Gasteiger partial charge in [-0.05, 0) is 31.1 Å². The van der Waals surface area contributed by atoms with E-state index in [4.69, 9.17) is 0 Å². The molecule has 0 saturated heterocycles. The van der Waals surface area contributed by atoms with Crippen LogP contribution in [0.25, 0.3) is 0 Å². The van der Waals surface area contributed by atoms with Crippen LogP contribution >= 0.6 is 11.5 Å². The Balaban J connectivity index is 2.47. The molecule has 0 spiro atoms. The fourth-order valence-corrected chi connectivity index (χ4v) is 2.10. The minimum Gasteiger partial charge on any atom is -0.218 e. The van der Waals surface area contributed by atoms with Gasteiger partial charge >= 0.3 is 0 Å². The Labute approximate surface area is 75.8 Å². The van der Waals surface area contributed by atoms with Crippen LogP contribution < -0.4 is 4.72 Å². The molecule has 1 aromatic heterocycles. The summed E-state index contributed by atoms with van der Waals surface area (Å²) < 4.78 is 28.1. The van der Waals surface area contributed by atoms with Crippen molar-refractivity contribution in [3.63, 3.8) is 0 Å². The SMILES string of the molecule is CNS(=O)(=O)CCc1ccns1. The average molecular weight is 206 g/mol. The van der Waals surface area contributed by atoms with E-state index in [2.05, 4.69) is 9.10 Å². The molecule has 0 aliphatic carbocycles. The van der Waals surface area contributed by atoms with Crippen molar-refractivity contribution in [2.75, 3.05) is 12.8 Å². The first-order chi connectivity index (χ1) is 5.64. The minimum atomic E-state index is -3.07. The van der Waals surface area contributed by atoms with Crippen LogP contribution in [0.5, 0.6) is 0 Å². The molecule has 68 valence electrons. The molecule has 1 heterocycles. The van der Waals surface area contributed by atoms with E-state index in [0.717, 1.165) is 4.88 Å². The number of aromatic nitrogens is 1. The summed E-state index contributed by atoms with van der Waals surface area (Å²) >= 11 is 1.33. The molecule has 0 saturated carbocycles. The van der Waals surface area contributed by atoms with Gasteiger partial charge in [0, 0.05) is 11.1 Å². The quantitative estimate of drug-likeness (QED) is 0.767. The highest BCUT2D eigenvalue weighted by Crippen LogP contribution is 2.05. The molecule has 0 radical (unpaired) electrons. The molecule has 0 aromatic carbocycles. The molecule has 0 atom stereocenters. The van der Waals surface area contributed by atoms with Crippen molar-refractivity contribution in [3.05, 3.63) is 17.1 Å². The summed E-state index contributed by atoms with van der Waals surface area (Å²) in [6.07, 6.45) is 2.21. The van der Waals surface area contributed by atoms with Gasteiger partial charge in [-0.3, -0.25) is 0 Å². The van der Waals surface area contributed by atoms with Gasteiger partial charge in [-0.25, -0.2) is 17.5 Å². The fourth-order valence-electron chi connectivity index (χ4n) is 0.708. The molecule has 0 amide bonds. The highest BCUT2D eigenvalue weighted by molar-refractivity contribution is 7.89. The zero-order valence-electron chi connectivity index (χ0n) is 6.65.